The van der Waals surface area contributed by atoms with Crippen LogP contribution in [0.15, 0.2) is 60.9 Å². The Morgan fingerprint density at radius 2 is 1.60 bits per heavy atom. The van der Waals surface area contributed by atoms with Crippen molar-refractivity contribution in [1.29, 1.82) is 0 Å². The fourth-order valence-electron chi connectivity index (χ4n) is 2.31. The van der Waals surface area contributed by atoms with E-state index in [9.17, 15) is 4.79 Å². The van der Waals surface area contributed by atoms with Gasteiger partial charge in [0, 0.05) is 11.1 Å². The summed E-state index contributed by atoms with van der Waals surface area (Å²) in [7, 11) is 3.07. The normalized spacial score (nSPS) is 10.2. The van der Waals surface area contributed by atoms with E-state index in [1.165, 1.54) is 7.11 Å². The van der Waals surface area contributed by atoms with Crippen molar-refractivity contribution in [2.24, 2.45) is 0 Å². The maximum Gasteiger partial charge on any atom is 0.255 e. The molecule has 0 radical (unpaired) electrons. The number of carbonyl (C=O) groups is 1. The number of nitrogens with zero attached hydrogens (tertiary/aromatic N) is 2. The first-order chi connectivity index (χ1) is 12.2. The molecule has 1 amide bonds. The first kappa shape index (κ1) is 16.4. The van der Waals surface area contributed by atoms with Crippen molar-refractivity contribution in [2.45, 2.75) is 0 Å². The molecule has 0 bridgehead atoms. The third-order valence-corrected chi connectivity index (χ3v) is 3.59. The van der Waals surface area contributed by atoms with Crippen molar-refractivity contribution >= 4 is 11.6 Å². The summed E-state index contributed by atoms with van der Waals surface area (Å²) in [5, 5.41) is 2.77. The number of methoxy groups -OCH3 is 2. The van der Waals surface area contributed by atoms with Crippen molar-refractivity contribution in [3.63, 3.8) is 0 Å². The van der Waals surface area contributed by atoms with E-state index >= 15 is 0 Å². The number of aromatic nitrogens is 2. The Morgan fingerprint density at radius 1 is 0.920 bits per heavy atom. The number of nitrogens with one attached hydrogen (secondary N) is 1. The molecule has 2 aromatic carbocycles. The predicted molar refractivity (Wildman–Crippen MR) is 95.0 cm³/mol. The quantitative estimate of drug-likeness (QED) is 0.773. The molecule has 0 saturated heterocycles. The molecule has 0 aliphatic heterocycles. The van der Waals surface area contributed by atoms with E-state index in [1.807, 2.05) is 30.3 Å². The molecule has 25 heavy (non-hydrogen) atoms. The summed E-state index contributed by atoms with van der Waals surface area (Å²) < 4.78 is 10.4. The molecule has 6 heteroatoms. The van der Waals surface area contributed by atoms with E-state index in [0.29, 0.717) is 28.6 Å². The van der Waals surface area contributed by atoms with E-state index < -0.39 is 0 Å². The van der Waals surface area contributed by atoms with E-state index in [0.717, 1.165) is 5.56 Å². The Morgan fingerprint density at radius 3 is 2.24 bits per heavy atom. The number of hydrogen-bond donors (Lipinski definition) is 1. The van der Waals surface area contributed by atoms with Gasteiger partial charge in [0.25, 0.3) is 5.91 Å². The number of anilines is 1. The molecule has 0 saturated carbocycles. The molecule has 1 aromatic heterocycles. The van der Waals surface area contributed by atoms with Crippen LogP contribution in [-0.4, -0.2) is 30.1 Å². The van der Waals surface area contributed by atoms with Crippen molar-refractivity contribution in [3.05, 3.63) is 66.5 Å². The number of amides is 1. The third-order valence-electron chi connectivity index (χ3n) is 3.59. The van der Waals surface area contributed by atoms with Gasteiger partial charge in [0.05, 0.1) is 32.3 Å². The van der Waals surface area contributed by atoms with Gasteiger partial charge in [-0.15, -0.1) is 0 Å². The SMILES string of the molecule is COc1ccc(C(=O)Nc2cnc(-c3ccccc3)nc2)cc1OC. The Kier molecular flexibility index (Phi) is 4.89. The number of rotatable bonds is 5. The lowest BCUT2D eigenvalue weighted by Gasteiger charge is -2.10. The maximum absolute atomic E-state index is 12.4. The van der Waals surface area contributed by atoms with Crippen LogP contribution in [0.5, 0.6) is 11.5 Å². The molecule has 1 heterocycles. The average molecular weight is 335 g/mol. The van der Waals surface area contributed by atoms with Crippen molar-refractivity contribution < 1.29 is 14.3 Å². The summed E-state index contributed by atoms with van der Waals surface area (Å²) in [4.78, 5) is 20.9. The van der Waals surface area contributed by atoms with Gasteiger partial charge in [0.15, 0.2) is 17.3 Å². The Labute approximate surface area is 145 Å². The Balaban J connectivity index is 1.75. The highest BCUT2D eigenvalue weighted by Crippen LogP contribution is 2.27. The number of benzene rings is 2. The lowest BCUT2D eigenvalue weighted by atomic mass is 10.2. The molecule has 0 spiro atoms. The highest BCUT2D eigenvalue weighted by atomic mass is 16.5. The van der Waals surface area contributed by atoms with Crippen molar-refractivity contribution in [1.82, 2.24) is 9.97 Å². The maximum atomic E-state index is 12.4. The number of ether oxygens (including phenoxy) is 2. The number of carbonyl (C=O) groups excluding carboxylic acids is 1. The monoisotopic (exact) mass is 335 g/mol. The Bertz CT molecular complexity index is 865. The highest BCUT2D eigenvalue weighted by molar-refractivity contribution is 6.04. The molecule has 0 atom stereocenters. The summed E-state index contributed by atoms with van der Waals surface area (Å²) in [6, 6.07) is 14.6. The average Bonchev–Trinajstić information content (AvgIpc) is 2.68. The molecule has 3 rings (SSSR count). The van der Waals surface area contributed by atoms with Gasteiger partial charge < -0.3 is 14.8 Å². The van der Waals surface area contributed by atoms with Crippen LogP contribution in [-0.2, 0) is 0 Å². The summed E-state index contributed by atoms with van der Waals surface area (Å²) >= 11 is 0. The summed E-state index contributed by atoms with van der Waals surface area (Å²) in [5.74, 6) is 1.38. The van der Waals surface area contributed by atoms with E-state index in [-0.39, 0.29) is 5.91 Å². The third kappa shape index (κ3) is 3.74. The van der Waals surface area contributed by atoms with Crippen molar-refractivity contribution in [3.8, 4) is 22.9 Å². The van der Waals surface area contributed by atoms with Crippen LogP contribution in [0.1, 0.15) is 10.4 Å². The van der Waals surface area contributed by atoms with Crippen LogP contribution in [0.3, 0.4) is 0 Å². The molecule has 6 nitrogen and oxygen atoms in total. The lowest BCUT2D eigenvalue weighted by molar-refractivity contribution is 0.102. The zero-order valence-electron chi connectivity index (χ0n) is 13.9. The first-order valence-electron chi connectivity index (χ1n) is 7.62. The second kappa shape index (κ2) is 7.44. The molecule has 1 N–H and O–H groups in total. The molecule has 0 aliphatic rings. The topological polar surface area (TPSA) is 73.3 Å². The van der Waals surface area contributed by atoms with Gasteiger partial charge in [0.2, 0.25) is 0 Å². The van der Waals surface area contributed by atoms with Crippen LogP contribution in [0.4, 0.5) is 5.69 Å². The molecule has 0 aliphatic carbocycles. The van der Waals surface area contributed by atoms with Gasteiger partial charge in [0.1, 0.15) is 0 Å². The fourth-order valence-corrected chi connectivity index (χ4v) is 2.31. The molecular weight excluding hydrogens is 318 g/mol. The van der Waals surface area contributed by atoms with Gasteiger partial charge >= 0.3 is 0 Å². The first-order valence-corrected chi connectivity index (χ1v) is 7.62. The lowest BCUT2D eigenvalue weighted by Crippen LogP contribution is -2.12. The van der Waals surface area contributed by atoms with Crippen LogP contribution >= 0.6 is 0 Å². The number of hydrogen-bond acceptors (Lipinski definition) is 5. The standard InChI is InChI=1S/C19H17N3O3/c1-24-16-9-8-14(10-17(16)25-2)19(23)22-15-11-20-18(21-12-15)13-6-4-3-5-7-13/h3-12H,1-2H3,(H,22,23). The van der Waals surface area contributed by atoms with Gasteiger partial charge in [-0.2, -0.15) is 0 Å². The van der Waals surface area contributed by atoms with Crippen LogP contribution < -0.4 is 14.8 Å². The minimum Gasteiger partial charge on any atom is -0.493 e. The zero-order valence-corrected chi connectivity index (χ0v) is 13.9. The minimum absolute atomic E-state index is 0.281. The van der Waals surface area contributed by atoms with Gasteiger partial charge in [-0.05, 0) is 18.2 Å². The summed E-state index contributed by atoms with van der Waals surface area (Å²) in [5.41, 5.74) is 1.88. The largest absolute Gasteiger partial charge is 0.493 e. The molecule has 0 fully saturated rings. The van der Waals surface area contributed by atoms with Gasteiger partial charge in [-0.25, -0.2) is 9.97 Å². The Hall–Kier alpha value is -3.41. The van der Waals surface area contributed by atoms with E-state index in [1.54, 1.807) is 37.7 Å². The van der Waals surface area contributed by atoms with Crippen LogP contribution in [0.2, 0.25) is 0 Å². The predicted octanol–water partition coefficient (Wildman–Crippen LogP) is 3.41. The molecule has 126 valence electrons. The second-order valence-electron chi connectivity index (χ2n) is 5.19. The van der Waals surface area contributed by atoms with Gasteiger partial charge in [-0.3, -0.25) is 4.79 Å². The zero-order chi connectivity index (χ0) is 17.6. The minimum atomic E-state index is -0.281. The summed E-state index contributed by atoms with van der Waals surface area (Å²) in [6.45, 7) is 0. The second-order valence-corrected chi connectivity index (χ2v) is 5.19. The smallest absolute Gasteiger partial charge is 0.255 e. The summed E-state index contributed by atoms with van der Waals surface area (Å²) in [6.07, 6.45) is 3.15. The van der Waals surface area contributed by atoms with Crippen molar-refractivity contribution in [2.75, 3.05) is 19.5 Å². The fraction of sp³-hybridized carbons (Fsp3) is 0.105. The molecule has 0 unspecified atom stereocenters. The molecular formula is C19H17N3O3. The van der Waals surface area contributed by atoms with E-state index in [2.05, 4.69) is 15.3 Å². The van der Waals surface area contributed by atoms with Crippen LogP contribution in [0, 0.1) is 0 Å². The van der Waals surface area contributed by atoms with Gasteiger partial charge in [-0.1, -0.05) is 30.3 Å². The van der Waals surface area contributed by atoms with Crippen LogP contribution in [0.25, 0.3) is 11.4 Å². The van der Waals surface area contributed by atoms with E-state index in [4.69, 9.17) is 9.47 Å². The highest BCUT2D eigenvalue weighted by Gasteiger charge is 2.11. The molecule has 3 aromatic rings.